The second-order valence-electron chi connectivity index (χ2n) is 5.59. The average molecular weight is 382 g/mol. The van der Waals surface area contributed by atoms with Crippen molar-refractivity contribution in [2.75, 3.05) is 13.2 Å². The summed E-state index contributed by atoms with van der Waals surface area (Å²) in [4.78, 5) is 12.2. The molecule has 0 N–H and O–H groups in total. The second-order valence-corrected chi connectivity index (χ2v) is 6.03. The van der Waals surface area contributed by atoms with Crippen LogP contribution in [0.3, 0.4) is 0 Å². The van der Waals surface area contributed by atoms with Gasteiger partial charge in [-0.15, -0.1) is 0 Å². The van der Waals surface area contributed by atoms with Crippen LogP contribution in [-0.2, 0) is 9.53 Å². The van der Waals surface area contributed by atoms with Gasteiger partial charge in [0.05, 0.1) is 12.2 Å². The first-order chi connectivity index (χ1) is 13.1. The van der Waals surface area contributed by atoms with Crippen molar-refractivity contribution in [3.05, 3.63) is 70.3 Å². The molecule has 0 aliphatic carbocycles. The van der Waals surface area contributed by atoms with Gasteiger partial charge in [-0.2, -0.15) is 5.26 Å². The van der Waals surface area contributed by atoms with E-state index in [0.717, 1.165) is 11.1 Å². The molecule has 27 heavy (non-hydrogen) atoms. The van der Waals surface area contributed by atoms with Crippen molar-refractivity contribution >= 4 is 29.4 Å². The predicted octanol–water partition coefficient (Wildman–Crippen LogP) is 4.62. The summed E-state index contributed by atoms with van der Waals surface area (Å²) in [5, 5.41) is 9.28. The average Bonchev–Trinajstić information content (AvgIpc) is 3.02. The molecule has 0 saturated heterocycles. The van der Waals surface area contributed by atoms with E-state index in [9.17, 15) is 4.79 Å². The number of esters is 1. The van der Waals surface area contributed by atoms with Gasteiger partial charge in [-0.1, -0.05) is 17.7 Å². The Kier molecular flexibility index (Phi) is 5.80. The number of nitriles is 1. The number of halogens is 1. The van der Waals surface area contributed by atoms with E-state index in [1.807, 2.05) is 13.0 Å². The molecular weight excluding hydrogens is 366 g/mol. The van der Waals surface area contributed by atoms with Crippen molar-refractivity contribution in [3.8, 4) is 17.6 Å². The molecule has 0 saturated carbocycles. The highest BCUT2D eigenvalue weighted by atomic mass is 35.5. The Labute approximate surface area is 162 Å². The predicted molar refractivity (Wildman–Crippen MR) is 102 cm³/mol. The molecule has 2 aromatic rings. The first-order valence-corrected chi connectivity index (χ1v) is 8.66. The van der Waals surface area contributed by atoms with Crippen LogP contribution in [0, 0.1) is 11.3 Å². The number of rotatable bonds is 6. The fourth-order valence-electron chi connectivity index (χ4n) is 2.54. The molecule has 3 rings (SSSR count). The lowest BCUT2D eigenvalue weighted by Gasteiger charge is -2.10. The van der Waals surface area contributed by atoms with E-state index in [4.69, 9.17) is 31.1 Å². The van der Waals surface area contributed by atoms with Gasteiger partial charge >= 0.3 is 5.97 Å². The molecule has 1 aliphatic heterocycles. The van der Waals surface area contributed by atoms with E-state index in [2.05, 4.69) is 0 Å². The Morgan fingerprint density at radius 2 is 1.93 bits per heavy atom. The number of hydrogen-bond acceptors (Lipinski definition) is 5. The minimum atomic E-state index is -0.428. The zero-order chi connectivity index (χ0) is 19.2. The monoisotopic (exact) mass is 381 g/mol. The molecule has 6 heteroatoms. The summed E-state index contributed by atoms with van der Waals surface area (Å²) in [5.41, 5.74) is 1.95. The number of cyclic esters (lactones) is 1. The Balaban J connectivity index is 1.88. The van der Waals surface area contributed by atoms with Gasteiger partial charge in [-0.25, -0.2) is 4.79 Å². The molecule has 0 atom stereocenters. The number of carbonyl (C=O) groups is 1. The lowest BCUT2D eigenvalue weighted by Crippen LogP contribution is -2.00. The van der Waals surface area contributed by atoms with E-state index >= 15 is 0 Å². The van der Waals surface area contributed by atoms with Gasteiger partial charge in [0.25, 0.3) is 0 Å². The van der Waals surface area contributed by atoms with Crippen LogP contribution in [0.2, 0.25) is 5.02 Å². The molecule has 0 unspecified atom stereocenters. The van der Waals surface area contributed by atoms with Crippen molar-refractivity contribution in [2.24, 2.45) is 0 Å². The van der Waals surface area contributed by atoms with E-state index in [0.29, 0.717) is 34.5 Å². The van der Waals surface area contributed by atoms with Gasteiger partial charge in [0.2, 0.25) is 0 Å². The van der Waals surface area contributed by atoms with Crippen molar-refractivity contribution in [2.45, 2.75) is 6.92 Å². The van der Waals surface area contributed by atoms with Crippen LogP contribution in [0.15, 0.2) is 54.1 Å². The molecular formula is C21H16ClNO4. The summed E-state index contributed by atoms with van der Waals surface area (Å²) in [5.74, 6) is 1.03. The summed E-state index contributed by atoms with van der Waals surface area (Å²) >= 11 is 5.89. The van der Waals surface area contributed by atoms with Crippen molar-refractivity contribution < 1.29 is 19.0 Å². The first kappa shape index (κ1) is 18.6. The van der Waals surface area contributed by atoms with Crippen LogP contribution in [0.1, 0.15) is 18.1 Å². The van der Waals surface area contributed by atoms with E-state index in [1.165, 1.54) is 0 Å². The first-order valence-electron chi connectivity index (χ1n) is 8.29. The normalized spacial score (nSPS) is 14.5. The van der Waals surface area contributed by atoms with Crippen LogP contribution in [0.4, 0.5) is 0 Å². The summed E-state index contributed by atoms with van der Waals surface area (Å²) in [6, 6.07) is 14.2. The van der Waals surface area contributed by atoms with Gasteiger partial charge in [0, 0.05) is 10.6 Å². The Bertz CT molecular complexity index is 955. The topological polar surface area (TPSA) is 68.6 Å². The smallest absolute Gasteiger partial charge is 0.343 e. The van der Waals surface area contributed by atoms with Crippen LogP contribution in [0.25, 0.3) is 11.8 Å². The van der Waals surface area contributed by atoms with Gasteiger partial charge in [-0.05, 0) is 61.0 Å². The number of benzene rings is 2. The highest BCUT2D eigenvalue weighted by Gasteiger charge is 2.22. The molecule has 2 aromatic carbocycles. The maximum absolute atomic E-state index is 12.2. The zero-order valence-electron chi connectivity index (χ0n) is 14.6. The van der Waals surface area contributed by atoms with Crippen molar-refractivity contribution in [3.63, 3.8) is 0 Å². The summed E-state index contributed by atoms with van der Waals surface area (Å²) < 4.78 is 16.3. The molecule has 0 fully saturated rings. The summed E-state index contributed by atoms with van der Waals surface area (Å²) in [6.45, 7) is 2.24. The minimum absolute atomic E-state index is 0.0694. The third kappa shape index (κ3) is 4.49. The largest absolute Gasteiger partial charge is 0.490 e. The van der Waals surface area contributed by atoms with Gasteiger partial charge < -0.3 is 14.2 Å². The zero-order valence-corrected chi connectivity index (χ0v) is 15.3. The van der Waals surface area contributed by atoms with Crippen molar-refractivity contribution in [1.82, 2.24) is 0 Å². The van der Waals surface area contributed by atoms with E-state index in [-0.39, 0.29) is 6.61 Å². The second kappa shape index (κ2) is 8.43. The van der Waals surface area contributed by atoms with Crippen LogP contribution >= 0.6 is 11.6 Å². The highest BCUT2D eigenvalue weighted by molar-refractivity contribution is 6.30. The third-order valence-electron chi connectivity index (χ3n) is 3.74. The Hall–Kier alpha value is -3.23. The number of carbonyl (C=O) groups excluding carboxylic acids is 1. The number of hydrogen-bond donors (Lipinski definition) is 0. The van der Waals surface area contributed by atoms with E-state index in [1.54, 1.807) is 54.6 Å². The summed E-state index contributed by atoms with van der Waals surface area (Å²) in [6.07, 6.45) is 3.40. The Morgan fingerprint density at radius 1 is 1.15 bits per heavy atom. The van der Waals surface area contributed by atoms with Gasteiger partial charge in [0.1, 0.15) is 11.8 Å². The minimum Gasteiger partial charge on any atom is -0.490 e. The SMILES string of the molecule is CCOc1cc(C=C2C=C(c3ccc(Cl)cc3)OC2=O)ccc1OCC#N. The molecule has 1 heterocycles. The van der Waals surface area contributed by atoms with Gasteiger partial charge in [-0.3, -0.25) is 0 Å². The lowest BCUT2D eigenvalue weighted by atomic mass is 10.1. The maximum Gasteiger partial charge on any atom is 0.343 e. The fraction of sp³-hybridized carbons (Fsp3) is 0.143. The molecule has 0 spiro atoms. The fourth-order valence-corrected chi connectivity index (χ4v) is 2.66. The molecule has 136 valence electrons. The van der Waals surface area contributed by atoms with Crippen LogP contribution < -0.4 is 9.47 Å². The molecule has 0 bridgehead atoms. The highest BCUT2D eigenvalue weighted by Crippen LogP contribution is 2.32. The molecule has 0 amide bonds. The Morgan fingerprint density at radius 3 is 2.63 bits per heavy atom. The lowest BCUT2D eigenvalue weighted by molar-refractivity contribution is -0.130. The maximum atomic E-state index is 12.2. The molecule has 0 radical (unpaired) electrons. The summed E-state index contributed by atoms with van der Waals surface area (Å²) in [7, 11) is 0. The standard InChI is InChI=1S/C21H16ClNO4/c1-2-25-20-12-14(3-8-18(20)26-10-9-23)11-16-13-19(27-21(16)24)15-4-6-17(22)7-5-15/h3-8,11-13H,2,10H2,1H3. The molecule has 0 aromatic heterocycles. The van der Waals surface area contributed by atoms with Crippen LogP contribution in [-0.4, -0.2) is 19.2 Å². The quantitative estimate of drug-likeness (QED) is 0.539. The molecule has 1 aliphatic rings. The van der Waals surface area contributed by atoms with E-state index < -0.39 is 5.97 Å². The number of nitrogens with zero attached hydrogens (tertiary/aromatic N) is 1. The molecule has 5 nitrogen and oxygen atoms in total. The number of ether oxygens (including phenoxy) is 3. The third-order valence-corrected chi connectivity index (χ3v) is 3.99. The van der Waals surface area contributed by atoms with Crippen molar-refractivity contribution in [1.29, 1.82) is 5.26 Å². The van der Waals surface area contributed by atoms with Gasteiger partial charge in [0.15, 0.2) is 18.1 Å². The van der Waals surface area contributed by atoms with Crippen LogP contribution in [0.5, 0.6) is 11.5 Å².